The van der Waals surface area contributed by atoms with E-state index in [1.807, 2.05) is 0 Å². The third-order valence-corrected chi connectivity index (χ3v) is 4.45. The van der Waals surface area contributed by atoms with Gasteiger partial charge in [-0.15, -0.1) is 0 Å². The predicted octanol–water partition coefficient (Wildman–Crippen LogP) is 5.49. The largest absolute Gasteiger partial charge is 0.0651 e. The van der Waals surface area contributed by atoms with Crippen molar-refractivity contribution in [1.29, 1.82) is 0 Å². The summed E-state index contributed by atoms with van der Waals surface area (Å²) in [6.45, 7) is 7.01. The minimum absolute atomic E-state index is 0.658. The van der Waals surface area contributed by atoms with Crippen molar-refractivity contribution in [3.63, 3.8) is 0 Å². The second kappa shape index (κ2) is 5.71. The number of hydrogen-bond acceptors (Lipinski definition) is 0. The molecule has 1 saturated carbocycles. The Morgan fingerprint density at radius 3 is 2.53 bits per heavy atom. The molecule has 94 valence electrons. The zero-order valence-corrected chi connectivity index (χ0v) is 11.6. The molecule has 1 fully saturated rings. The maximum absolute atomic E-state index is 2.38. The Kier molecular flexibility index (Phi) is 4.25. The van der Waals surface area contributed by atoms with Crippen LogP contribution in [0.3, 0.4) is 0 Å². The average molecular weight is 230 g/mol. The van der Waals surface area contributed by atoms with E-state index in [1.165, 1.54) is 32.1 Å². The zero-order valence-electron chi connectivity index (χ0n) is 11.6. The number of hydrogen-bond donors (Lipinski definition) is 0. The first-order valence-corrected chi connectivity index (χ1v) is 7.32. The first kappa shape index (κ1) is 12.7. The Morgan fingerprint density at radius 1 is 1.12 bits per heavy atom. The standard InChI is InChI=1S/C17H26/c1-4-14-9-5-6-11-16(14)17-12-8-7-10-15(17)13(2)3/h7-8,10,12-14,16H,4-6,9,11H2,1-3H3. The fourth-order valence-corrected chi connectivity index (χ4v) is 3.48. The molecule has 17 heavy (non-hydrogen) atoms. The van der Waals surface area contributed by atoms with Gasteiger partial charge >= 0.3 is 0 Å². The Morgan fingerprint density at radius 2 is 1.82 bits per heavy atom. The summed E-state index contributed by atoms with van der Waals surface area (Å²) in [5, 5.41) is 0. The van der Waals surface area contributed by atoms with Crippen LogP contribution in [0.25, 0.3) is 0 Å². The van der Waals surface area contributed by atoms with Crippen LogP contribution in [-0.2, 0) is 0 Å². The van der Waals surface area contributed by atoms with Gasteiger partial charge < -0.3 is 0 Å². The van der Waals surface area contributed by atoms with Crippen LogP contribution in [0.2, 0.25) is 0 Å². The van der Waals surface area contributed by atoms with E-state index < -0.39 is 0 Å². The maximum Gasteiger partial charge on any atom is -0.0131 e. The summed E-state index contributed by atoms with van der Waals surface area (Å²) in [6, 6.07) is 9.14. The summed E-state index contributed by atoms with van der Waals surface area (Å²) in [5.74, 6) is 2.40. The quantitative estimate of drug-likeness (QED) is 0.643. The highest BCUT2D eigenvalue weighted by Crippen LogP contribution is 2.41. The van der Waals surface area contributed by atoms with Crippen molar-refractivity contribution in [1.82, 2.24) is 0 Å². The van der Waals surface area contributed by atoms with Crippen molar-refractivity contribution in [3.05, 3.63) is 35.4 Å². The van der Waals surface area contributed by atoms with Crippen LogP contribution in [-0.4, -0.2) is 0 Å². The molecule has 1 aromatic rings. The van der Waals surface area contributed by atoms with E-state index in [2.05, 4.69) is 45.0 Å². The molecule has 1 aliphatic rings. The van der Waals surface area contributed by atoms with E-state index in [9.17, 15) is 0 Å². The van der Waals surface area contributed by atoms with Crippen molar-refractivity contribution >= 4 is 0 Å². The molecule has 0 amide bonds. The summed E-state index contributed by atoms with van der Waals surface area (Å²) in [6.07, 6.45) is 7.05. The topological polar surface area (TPSA) is 0 Å². The first-order valence-electron chi connectivity index (χ1n) is 7.32. The van der Waals surface area contributed by atoms with Crippen LogP contribution in [0.15, 0.2) is 24.3 Å². The number of benzene rings is 1. The molecule has 0 heteroatoms. The molecule has 0 nitrogen and oxygen atoms in total. The summed E-state index contributed by atoms with van der Waals surface area (Å²) in [5.41, 5.74) is 3.23. The fourth-order valence-electron chi connectivity index (χ4n) is 3.48. The minimum atomic E-state index is 0.658. The third kappa shape index (κ3) is 2.73. The van der Waals surface area contributed by atoms with E-state index in [0.717, 1.165) is 11.8 Å². The summed E-state index contributed by atoms with van der Waals surface area (Å²) >= 11 is 0. The van der Waals surface area contributed by atoms with Gasteiger partial charge in [-0.3, -0.25) is 0 Å². The van der Waals surface area contributed by atoms with Crippen molar-refractivity contribution in [2.75, 3.05) is 0 Å². The van der Waals surface area contributed by atoms with Gasteiger partial charge in [-0.2, -0.15) is 0 Å². The number of rotatable bonds is 3. The average Bonchev–Trinajstić information content (AvgIpc) is 2.38. The molecule has 0 bridgehead atoms. The predicted molar refractivity (Wildman–Crippen MR) is 75.5 cm³/mol. The van der Waals surface area contributed by atoms with Gasteiger partial charge in [-0.1, -0.05) is 64.3 Å². The minimum Gasteiger partial charge on any atom is -0.0651 e. The first-order chi connectivity index (χ1) is 8.24. The van der Waals surface area contributed by atoms with Crippen molar-refractivity contribution in [2.45, 2.75) is 64.7 Å². The zero-order chi connectivity index (χ0) is 12.3. The Hall–Kier alpha value is -0.780. The van der Waals surface area contributed by atoms with E-state index in [1.54, 1.807) is 11.1 Å². The van der Waals surface area contributed by atoms with Gasteiger partial charge in [0.2, 0.25) is 0 Å². The summed E-state index contributed by atoms with van der Waals surface area (Å²) in [4.78, 5) is 0. The lowest BCUT2D eigenvalue weighted by Gasteiger charge is -2.33. The van der Waals surface area contributed by atoms with Gasteiger partial charge in [0, 0.05) is 0 Å². The molecule has 0 spiro atoms. The maximum atomic E-state index is 2.38. The molecule has 0 heterocycles. The van der Waals surface area contributed by atoms with Crippen LogP contribution >= 0.6 is 0 Å². The van der Waals surface area contributed by atoms with Gasteiger partial charge in [0.05, 0.1) is 0 Å². The van der Waals surface area contributed by atoms with Crippen LogP contribution < -0.4 is 0 Å². The molecule has 0 radical (unpaired) electrons. The Balaban J connectivity index is 2.31. The molecule has 2 unspecified atom stereocenters. The van der Waals surface area contributed by atoms with Crippen molar-refractivity contribution in [3.8, 4) is 0 Å². The Bertz CT molecular complexity index is 351. The lowest BCUT2D eigenvalue weighted by atomic mass is 9.72. The molecule has 1 aromatic carbocycles. The van der Waals surface area contributed by atoms with Crippen LogP contribution in [0.1, 0.15) is 75.8 Å². The molecule has 0 aromatic heterocycles. The van der Waals surface area contributed by atoms with Crippen molar-refractivity contribution < 1.29 is 0 Å². The van der Waals surface area contributed by atoms with E-state index in [0.29, 0.717) is 5.92 Å². The van der Waals surface area contributed by atoms with Crippen LogP contribution in [0.5, 0.6) is 0 Å². The lowest BCUT2D eigenvalue weighted by Crippen LogP contribution is -2.18. The van der Waals surface area contributed by atoms with Gasteiger partial charge in [-0.05, 0) is 41.7 Å². The SMILES string of the molecule is CCC1CCCCC1c1ccccc1C(C)C. The smallest absolute Gasteiger partial charge is 0.0131 e. The highest BCUT2D eigenvalue weighted by molar-refractivity contribution is 5.33. The molecule has 0 N–H and O–H groups in total. The van der Waals surface area contributed by atoms with Gasteiger partial charge in [0.1, 0.15) is 0 Å². The molecule has 0 saturated heterocycles. The molecular weight excluding hydrogens is 204 g/mol. The highest BCUT2D eigenvalue weighted by Gasteiger charge is 2.26. The van der Waals surface area contributed by atoms with Crippen molar-refractivity contribution in [2.24, 2.45) is 5.92 Å². The van der Waals surface area contributed by atoms with Gasteiger partial charge in [-0.25, -0.2) is 0 Å². The van der Waals surface area contributed by atoms with Gasteiger partial charge in [0.25, 0.3) is 0 Å². The molecule has 0 aliphatic heterocycles. The van der Waals surface area contributed by atoms with E-state index >= 15 is 0 Å². The molecule has 1 aliphatic carbocycles. The van der Waals surface area contributed by atoms with E-state index in [-0.39, 0.29) is 0 Å². The third-order valence-electron chi connectivity index (χ3n) is 4.45. The Labute approximate surface area is 106 Å². The van der Waals surface area contributed by atoms with Crippen LogP contribution in [0, 0.1) is 5.92 Å². The molecular formula is C17H26. The second-order valence-corrected chi connectivity index (χ2v) is 5.84. The summed E-state index contributed by atoms with van der Waals surface area (Å²) in [7, 11) is 0. The fraction of sp³-hybridized carbons (Fsp3) is 0.647. The van der Waals surface area contributed by atoms with E-state index in [4.69, 9.17) is 0 Å². The lowest BCUT2D eigenvalue weighted by molar-refractivity contribution is 0.298. The monoisotopic (exact) mass is 230 g/mol. The van der Waals surface area contributed by atoms with Gasteiger partial charge in [0.15, 0.2) is 0 Å². The van der Waals surface area contributed by atoms with Crippen LogP contribution in [0.4, 0.5) is 0 Å². The highest BCUT2D eigenvalue weighted by atomic mass is 14.3. The normalized spacial score (nSPS) is 25.2. The summed E-state index contributed by atoms with van der Waals surface area (Å²) < 4.78 is 0. The second-order valence-electron chi connectivity index (χ2n) is 5.84. The molecule has 2 atom stereocenters. The molecule has 2 rings (SSSR count).